The van der Waals surface area contributed by atoms with Crippen molar-refractivity contribution in [3.05, 3.63) is 54.1 Å². The minimum absolute atomic E-state index is 0.250. The Morgan fingerprint density at radius 3 is 2.81 bits per heavy atom. The zero-order chi connectivity index (χ0) is 18.4. The van der Waals surface area contributed by atoms with Crippen LogP contribution in [0.1, 0.15) is 24.1 Å². The van der Waals surface area contributed by atoms with Gasteiger partial charge >= 0.3 is 0 Å². The summed E-state index contributed by atoms with van der Waals surface area (Å²) in [4.78, 5) is 19.6. The second kappa shape index (κ2) is 8.76. The molecule has 2 aromatic rings. The van der Waals surface area contributed by atoms with Crippen LogP contribution in [0.15, 0.2) is 42.9 Å². The molecule has 3 heterocycles. The molecule has 2 aliphatic rings. The Balaban J connectivity index is 0.000000613. The van der Waals surface area contributed by atoms with E-state index >= 15 is 0 Å². The van der Waals surface area contributed by atoms with Crippen molar-refractivity contribution in [2.45, 2.75) is 32.4 Å². The van der Waals surface area contributed by atoms with Gasteiger partial charge < -0.3 is 9.84 Å². The smallest absolute Gasteiger partial charge is 0.290 e. The summed E-state index contributed by atoms with van der Waals surface area (Å²) in [7, 11) is 0. The second-order valence-electron chi connectivity index (χ2n) is 6.91. The SMILES string of the molecule is Cc1cccnc1CN1C[C@H]2CC[C@@H](Oc3cccnc3)[C@H]2C1.O=CO. The van der Waals surface area contributed by atoms with Gasteiger partial charge in [-0.3, -0.25) is 19.7 Å². The Bertz CT molecular complexity index is 710. The van der Waals surface area contributed by atoms with E-state index in [2.05, 4.69) is 27.9 Å². The van der Waals surface area contributed by atoms with E-state index in [0.717, 1.165) is 24.8 Å². The summed E-state index contributed by atoms with van der Waals surface area (Å²) >= 11 is 0. The Morgan fingerprint density at radius 2 is 2.08 bits per heavy atom. The molecule has 1 N–H and O–H groups in total. The third-order valence-corrected chi connectivity index (χ3v) is 5.28. The molecule has 1 saturated carbocycles. The highest BCUT2D eigenvalue weighted by molar-refractivity contribution is 5.32. The van der Waals surface area contributed by atoms with Crippen LogP contribution in [0.2, 0.25) is 0 Å². The maximum atomic E-state index is 8.36. The number of carboxylic acid groups (broad SMARTS) is 1. The molecule has 0 spiro atoms. The van der Waals surface area contributed by atoms with Crippen LogP contribution < -0.4 is 4.74 Å². The average Bonchev–Trinajstić information content (AvgIpc) is 3.20. The Morgan fingerprint density at radius 1 is 1.27 bits per heavy atom. The molecular formula is C20H25N3O3. The summed E-state index contributed by atoms with van der Waals surface area (Å²) in [5.74, 6) is 2.30. The van der Waals surface area contributed by atoms with Crippen molar-refractivity contribution in [1.29, 1.82) is 0 Å². The lowest BCUT2D eigenvalue weighted by Crippen LogP contribution is -2.28. The van der Waals surface area contributed by atoms with Crippen molar-refractivity contribution in [1.82, 2.24) is 14.9 Å². The van der Waals surface area contributed by atoms with Gasteiger partial charge in [-0.25, -0.2) is 0 Å². The molecule has 6 heteroatoms. The molecule has 0 amide bonds. The highest BCUT2D eigenvalue weighted by Gasteiger charge is 2.43. The van der Waals surface area contributed by atoms with Crippen LogP contribution in [0.4, 0.5) is 0 Å². The summed E-state index contributed by atoms with van der Waals surface area (Å²) in [6.07, 6.45) is 8.27. The number of aryl methyl sites for hydroxylation is 1. The molecule has 0 unspecified atom stereocenters. The summed E-state index contributed by atoms with van der Waals surface area (Å²) < 4.78 is 6.21. The molecule has 1 aliphatic heterocycles. The monoisotopic (exact) mass is 355 g/mol. The molecule has 2 aromatic heterocycles. The highest BCUT2D eigenvalue weighted by Crippen LogP contribution is 2.40. The molecule has 3 atom stereocenters. The molecule has 0 bridgehead atoms. The molecular weight excluding hydrogens is 330 g/mol. The zero-order valence-corrected chi connectivity index (χ0v) is 15.0. The molecule has 1 aliphatic carbocycles. The van der Waals surface area contributed by atoms with Gasteiger partial charge in [0.1, 0.15) is 11.9 Å². The lowest BCUT2D eigenvalue weighted by Gasteiger charge is -2.22. The van der Waals surface area contributed by atoms with E-state index in [9.17, 15) is 0 Å². The first kappa shape index (κ1) is 18.3. The number of hydrogen-bond donors (Lipinski definition) is 1. The highest BCUT2D eigenvalue weighted by atomic mass is 16.5. The van der Waals surface area contributed by atoms with Crippen molar-refractivity contribution >= 4 is 6.47 Å². The molecule has 4 rings (SSSR count). The summed E-state index contributed by atoms with van der Waals surface area (Å²) in [5, 5.41) is 6.89. The molecule has 6 nitrogen and oxygen atoms in total. The maximum absolute atomic E-state index is 8.36. The van der Waals surface area contributed by atoms with Gasteiger partial charge in [-0.2, -0.15) is 0 Å². The van der Waals surface area contributed by atoms with Gasteiger partial charge in [0.2, 0.25) is 0 Å². The number of pyridine rings is 2. The van der Waals surface area contributed by atoms with Crippen LogP contribution in [0.5, 0.6) is 5.75 Å². The summed E-state index contributed by atoms with van der Waals surface area (Å²) in [6.45, 7) is 5.14. The number of aromatic nitrogens is 2. The van der Waals surface area contributed by atoms with E-state index in [1.54, 1.807) is 6.20 Å². The van der Waals surface area contributed by atoms with Gasteiger partial charge in [-0.1, -0.05) is 6.07 Å². The number of carbonyl (C=O) groups is 1. The van der Waals surface area contributed by atoms with Gasteiger partial charge in [0.25, 0.3) is 6.47 Å². The van der Waals surface area contributed by atoms with E-state index in [1.165, 1.54) is 30.6 Å². The van der Waals surface area contributed by atoms with Gasteiger partial charge in [-0.15, -0.1) is 0 Å². The number of nitrogens with zero attached hydrogens (tertiary/aromatic N) is 3. The Kier molecular flexibility index (Phi) is 6.17. The number of fused-ring (bicyclic) bond motifs is 1. The topological polar surface area (TPSA) is 75.5 Å². The number of hydrogen-bond acceptors (Lipinski definition) is 5. The Hall–Kier alpha value is -2.47. The summed E-state index contributed by atoms with van der Waals surface area (Å²) in [6, 6.07) is 8.10. The van der Waals surface area contributed by atoms with Crippen LogP contribution in [0.25, 0.3) is 0 Å². The van der Waals surface area contributed by atoms with Gasteiger partial charge in [0, 0.05) is 37.9 Å². The Labute approximate surface area is 153 Å². The van der Waals surface area contributed by atoms with Gasteiger partial charge in [-0.05, 0) is 49.4 Å². The first-order valence-corrected chi connectivity index (χ1v) is 8.98. The molecule has 0 radical (unpaired) electrons. The standard InChI is InChI=1S/C19H23N3O.CH2O2/c1-14-4-2-9-21-18(14)13-22-11-15-6-7-19(17(15)12-22)23-16-5-3-8-20-10-16;2-1-3/h2-5,8-10,15,17,19H,6-7,11-13H2,1H3;1H,(H,2,3)/t15-,17+,19-;/m1./s1. The van der Waals surface area contributed by atoms with Crippen molar-refractivity contribution in [3.63, 3.8) is 0 Å². The van der Waals surface area contributed by atoms with Crippen LogP contribution >= 0.6 is 0 Å². The van der Waals surface area contributed by atoms with Crippen molar-refractivity contribution < 1.29 is 14.6 Å². The fraction of sp³-hybridized carbons (Fsp3) is 0.450. The molecule has 0 aromatic carbocycles. The number of rotatable bonds is 4. The van der Waals surface area contributed by atoms with E-state index in [0.29, 0.717) is 12.0 Å². The summed E-state index contributed by atoms with van der Waals surface area (Å²) in [5.41, 5.74) is 2.49. The van der Waals surface area contributed by atoms with Crippen LogP contribution in [0.3, 0.4) is 0 Å². The second-order valence-corrected chi connectivity index (χ2v) is 6.91. The zero-order valence-electron chi connectivity index (χ0n) is 15.0. The van der Waals surface area contributed by atoms with Crippen LogP contribution in [-0.2, 0) is 11.3 Å². The van der Waals surface area contributed by atoms with E-state index in [-0.39, 0.29) is 6.47 Å². The number of ether oxygens (including phenoxy) is 1. The predicted molar refractivity (Wildman–Crippen MR) is 97.8 cm³/mol. The van der Waals surface area contributed by atoms with E-state index in [4.69, 9.17) is 14.6 Å². The quantitative estimate of drug-likeness (QED) is 0.850. The third kappa shape index (κ3) is 4.38. The third-order valence-electron chi connectivity index (χ3n) is 5.28. The largest absolute Gasteiger partial charge is 0.488 e. The van der Waals surface area contributed by atoms with Crippen molar-refractivity contribution in [3.8, 4) is 5.75 Å². The lowest BCUT2D eigenvalue weighted by molar-refractivity contribution is -0.122. The van der Waals surface area contributed by atoms with Crippen LogP contribution in [0, 0.1) is 18.8 Å². The first-order chi connectivity index (χ1) is 12.7. The van der Waals surface area contributed by atoms with Crippen molar-refractivity contribution in [2.24, 2.45) is 11.8 Å². The minimum atomic E-state index is -0.250. The molecule has 26 heavy (non-hydrogen) atoms. The normalized spacial score (nSPS) is 24.4. The fourth-order valence-corrected chi connectivity index (χ4v) is 4.07. The lowest BCUT2D eigenvalue weighted by atomic mass is 9.99. The average molecular weight is 355 g/mol. The molecule has 138 valence electrons. The first-order valence-electron chi connectivity index (χ1n) is 8.98. The van der Waals surface area contributed by atoms with Gasteiger partial charge in [0.15, 0.2) is 0 Å². The van der Waals surface area contributed by atoms with E-state index < -0.39 is 0 Å². The minimum Gasteiger partial charge on any atom is -0.488 e. The van der Waals surface area contributed by atoms with Gasteiger partial charge in [0.05, 0.1) is 11.9 Å². The van der Waals surface area contributed by atoms with E-state index in [1.807, 2.05) is 30.6 Å². The number of likely N-dealkylation sites (tertiary alicyclic amines) is 1. The molecule has 2 fully saturated rings. The predicted octanol–water partition coefficient (Wildman–Crippen LogP) is 2.78. The van der Waals surface area contributed by atoms with Crippen molar-refractivity contribution in [2.75, 3.05) is 13.1 Å². The van der Waals surface area contributed by atoms with Crippen LogP contribution in [-0.4, -0.2) is 45.6 Å². The maximum Gasteiger partial charge on any atom is 0.290 e. The fourth-order valence-electron chi connectivity index (χ4n) is 4.07. The molecule has 1 saturated heterocycles.